The summed E-state index contributed by atoms with van der Waals surface area (Å²) in [5.41, 5.74) is 4.21. The summed E-state index contributed by atoms with van der Waals surface area (Å²) in [6.07, 6.45) is 1.18. The molecule has 1 N–H and O–H groups in total. The van der Waals surface area contributed by atoms with Crippen molar-refractivity contribution >= 4 is 12.4 Å². The van der Waals surface area contributed by atoms with Crippen molar-refractivity contribution in [2.45, 2.75) is 31.5 Å². The maximum atomic E-state index is 3.84. The summed E-state index contributed by atoms with van der Waals surface area (Å²) >= 11 is 0. The van der Waals surface area contributed by atoms with E-state index in [4.69, 9.17) is 0 Å². The lowest BCUT2D eigenvalue weighted by Crippen LogP contribution is -2.47. The summed E-state index contributed by atoms with van der Waals surface area (Å²) in [7, 11) is 0. The fraction of sp³-hybridized carbons (Fsp3) is 0.280. The molecule has 3 aromatic carbocycles. The highest BCUT2D eigenvalue weighted by Crippen LogP contribution is 2.28. The van der Waals surface area contributed by atoms with Crippen molar-refractivity contribution in [3.8, 4) is 0 Å². The Morgan fingerprint density at radius 1 is 0.750 bits per heavy atom. The van der Waals surface area contributed by atoms with Gasteiger partial charge in [0.15, 0.2) is 0 Å². The topological polar surface area (TPSA) is 15.3 Å². The third kappa shape index (κ3) is 5.45. The van der Waals surface area contributed by atoms with Gasteiger partial charge in [0.05, 0.1) is 0 Å². The summed E-state index contributed by atoms with van der Waals surface area (Å²) in [6.45, 7) is 4.22. The molecule has 3 heteroatoms. The summed E-state index contributed by atoms with van der Waals surface area (Å²) in [6, 6.07) is 33.1. The summed E-state index contributed by atoms with van der Waals surface area (Å²) in [5.74, 6) is 0.521. The lowest BCUT2D eigenvalue weighted by molar-refractivity contribution is 0.166. The van der Waals surface area contributed by atoms with Crippen LogP contribution in [0.25, 0.3) is 0 Å². The van der Waals surface area contributed by atoms with Crippen LogP contribution in [0, 0.1) is 0 Å². The van der Waals surface area contributed by atoms with Crippen LogP contribution in [-0.2, 0) is 13.1 Å². The number of nitrogens with one attached hydrogen (secondary N) is 1. The van der Waals surface area contributed by atoms with Crippen molar-refractivity contribution in [3.05, 3.63) is 108 Å². The summed E-state index contributed by atoms with van der Waals surface area (Å²) in [5, 5.41) is 3.84. The Hall–Kier alpha value is -2.13. The van der Waals surface area contributed by atoms with Gasteiger partial charge >= 0.3 is 0 Å². The van der Waals surface area contributed by atoms with E-state index >= 15 is 0 Å². The van der Waals surface area contributed by atoms with Crippen LogP contribution in [0.4, 0.5) is 0 Å². The van der Waals surface area contributed by atoms with E-state index in [0.29, 0.717) is 12.0 Å². The summed E-state index contributed by atoms with van der Waals surface area (Å²) < 4.78 is 0. The SMILES string of the molecule is Cl.c1ccc(CNC2CCN(Cc3ccccc3)CC2c2ccccc2)cc1. The van der Waals surface area contributed by atoms with E-state index in [-0.39, 0.29) is 12.4 Å². The van der Waals surface area contributed by atoms with Crippen LogP contribution in [0.15, 0.2) is 91.0 Å². The molecule has 2 nitrogen and oxygen atoms in total. The monoisotopic (exact) mass is 392 g/mol. The highest BCUT2D eigenvalue weighted by atomic mass is 35.5. The molecule has 146 valence electrons. The van der Waals surface area contributed by atoms with Crippen molar-refractivity contribution in [1.29, 1.82) is 0 Å². The largest absolute Gasteiger partial charge is 0.309 e. The van der Waals surface area contributed by atoms with Gasteiger partial charge in [-0.25, -0.2) is 0 Å². The second kappa shape index (κ2) is 10.4. The number of rotatable bonds is 6. The van der Waals surface area contributed by atoms with Crippen LogP contribution in [0.5, 0.6) is 0 Å². The molecule has 28 heavy (non-hydrogen) atoms. The zero-order valence-electron chi connectivity index (χ0n) is 16.2. The standard InChI is InChI=1S/C25H28N2.ClH/c1-4-10-21(11-5-1)18-26-25-16-17-27(19-22-12-6-2-7-13-22)20-24(25)23-14-8-3-9-15-23;/h1-15,24-26H,16-20H2;1H. The van der Waals surface area contributed by atoms with E-state index in [1.807, 2.05) is 0 Å². The van der Waals surface area contributed by atoms with Gasteiger partial charge in [0.1, 0.15) is 0 Å². The van der Waals surface area contributed by atoms with E-state index in [1.54, 1.807) is 0 Å². The van der Waals surface area contributed by atoms with Gasteiger partial charge < -0.3 is 5.32 Å². The molecule has 4 rings (SSSR count). The number of nitrogens with zero attached hydrogens (tertiary/aromatic N) is 1. The van der Waals surface area contributed by atoms with Gasteiger partial charge in [0.2, 0.25) is 0 Å². The van der Waals surface area contributed by atoms with Gasteiger partial charge in [0.25, 0.3) is 0 Å². The van der Waals surface area contributed by atoms with Crippen molar-refractivity contribution in [2.24, 2.45) is 0 Å². The minimum absolute atomic E-state index is 0. The zero-order valence-corrected chi connectivity index (χ0v) is 17.0. The first kappa shape index (κ1) is 20.6. The Morgan fingerprint density at radius 2 is 1.32 bits per heavy atom. The Balaban J connectivity index is 0.00000225. The second-order valence-electron chi connectivity index (χ2n) is 7.50. The minimum atomic E-state index is 0. The maximum Gasteiger partial charge on any atom is 0.0234 e. The molecular formula is C25H29ClN2. The lowest BCUT2D eigenvalue weighted by atomic mass is 9.85. The van der Waals surface area contributed by atoms with E-state index in [2.05, 4.69) is 101 Å². The molecule has 1 aliphatic rings. The van der Waals surface area contributed by atoms with E-state index < -0.39 is 0 Å². The Morgan fingerprint density at radius 3 is 1.96 bits per heavy atom. The van der Waals surface area contributed by atoms with Crippen LogP contribution in [0.1, 0.15) is 29.0 Å². The third-order valence-electron chi connectivity index (χ3n) is 5.58. The predicted molar refractivity (Wildman–Crippen MR) is 120 cm³/mol. The minimum Gasteiger partial charge on any atom is -0.309 e. The third-order valence-corrected chi connectivity index (χ3v) is 5.58. The van der Waals surface area contributed by atoms with Crippen molar-refractivity contribution in [1.82, 2.24) is 10.2 Å². The average Bonchev–Trinajstić information content (AvgIpc) is 2.75. The maximum absolute atomic E-state index is 3.84. The Bertz CT molecular complexity index is 808. The van der Waals surface area contributed by atoms with Crippen LogP contribution < -0.4 is 5.32 Å². The number of piperidine rings is 1. The number of benzene rings is 3. The van der Waals surface area contributed by atoms with Gasteiger partial charge in [-0.3, -0.25) is 4.90 Å². The summed E-state index contributed by atoms with van der Waals surface area (Å²) in [4.78, 5) is 2.60. The number of hydrogen-bond donors (Lipinski definition) is 1. The van der Waals surface area contributed by atoms with Crippen LogP contribution in [-0.4, -0.2) is 24.0 Å². The van der Waals surface area contributed by atoms with Gasteiger partial charge in [-0.15, -0.1) is 12.4 Å². The highest BCUT2D eigenvalue weighted by Gasteiger charge is 2.30. The predicted octanol–water partition coefficient (Wildman–Crippen LogP) is 5.26. The number of hydrogen-bond acceptors (Lipinski definition) is 2. The molecule has 2 unspecified atom stereocenters. The molecule has 3 aromatic rings. The van der Waals surface area contributed by atoms with Crippen molar-refractivity contribution < 1.29 is 0 Å². The van der Waals surface area contributed by atoms with Crippen LogP contribution >= 0.6 is 12.4 Å². The average molecular weight is 393 g/mol. The van der Waals surface area contributed by atoms with Gasteiger partial charge in [0, 0.05) is 38.1 Å². The smallest absolute Gasteiger partial charge is 0.0234 e. The fourth-order valence-electron chi connectivity index (χ4n) is 4.13. The first-order valence-corrected chi connectivity index (χ1v) is 9.97. The molecule has 1 saturated heterocycles. The molecule has 1 fully saturated rings. The van der Waals surface area contributed by atoms with Crippen molar-refractivity contribution in [3.63, 3.8) is 0 Å². The van der Waals surface area contributed by atoms with Gasteiger partial charge in [-0.1, -0.05) is 91.0 Å². The molecule has 2 atom stereocenters. The number of likely N-dealkylation sites (tertiary alicyclic amines) is 1. The molecule has 1 heterocycles. The quantitative estimate of drug-likeness (QED) is 0.615. The van der Waals surface area contributed by atoms with Gasteiger partial charge in [-0.2, -0.15) is 0 Å². The first-order chi connectivity index (χ1) is 13.4. The van der Waals surface area contributed by atoms with E-state index in [1.165, 1.54) is 23.1 Å². The Labute approximate surface area is 175 Å². The van der Waals surface area contributed by atoms with Crippen LogP contribution in [0.2, 0.25) is 0 Å². The van der Waals surface area contributed by atoms with E-state index in [0.717, 1.165) is 26.2 Å². The molecule has 0 radical (unpaired) electrons. The lowest BCUT2D eigenvalue weighted by Gasteiger charge is -2.39. The molecule has 0 saturated carbocycles. The molecule has 0 spiro atoms. The zero-order chi connectivity index (χ0) is 18.3. The van der Waals surface area contributed by atoms with Crippen molar-refractivity contribution in [2.75, 3.05) is 13.1 Å². The fourth-order valence-corrected chi connectivity index (χ4v) is 4.13. The van der Waals surface area contributed by atoms with Crippen LogP contribution in [0.3, 0.4) is 0 Å². The molecule has 0 aromatic heterocycles. The molecular weight excluding hydrogens is 364 g/mol. The second-order valence-corrected chi connectivity index (χ2v) is 7.50. The number of halogens is 1. The molecule has 0 amide bonds. The first-order valence-electron chi connectivity index (χ1n) is 9.97. The van der Waals surface area contributed by atoms with E-state index in [9.17, 15) is 0 Å². The Kier molecular flexibility index (Phi) is 7.67. The molecule has 1 aliphatic heterocycles. The van der Waals surface area contributed by atoms with Gasteiger partial charge in [-0.05, 0) is 23.1 Å². The molecule has 0 bridgehead atoms. The normalized spacial score (nSPS) is 19.7. The molecule has 0 aliphatic carbocycles. The highest BCUT2D eigenvalue weighted by molar-refractivity contribution is 5.85.